The molecule has 2 rings (SSSR count). The minimum atomic E-state index is 0.293. The van der Waals surface area contributed by atoms with Crippen LogP contribution >= 0.6 is 0 Å². The van der Waals surface area contributed by atoms with E-state index in [1.165, 1.54) is 6.33 Å². The third kappa shape index (κ3) is 1.19. The van der Waals surface area contributed by atoms with Gasteiger partial charge in [0.25, 0.3) is 0 Å². The Morgan fingerprint density at radius 3 is 2.93 bits per heavy atom. The largest absolute Gasteiger partial charge is 0.329 e. The highest BCUT2D eigenvalue weighted by Gasteiger charge is 2.10. The number of aromatic nitrogens is 3. The van der Waals surface area contributed by atoms with Crippen molar-refractivity contribution >= 4 is 17.3 Å². The quantitative estimate of drug-likeness (QED) is 0.677. The molecule has 0 aromatic carbocycles. The standard InChI is InChI=1S/C10H11N3O/c1-7(2)13-4-8(5-14)9-3-11-6-12-10(9)13/h3-7H,1-2H3. The van der Waals surface area contributed by atoms with E-state index in [0.717, 1.165) is 17.3 Å². The lowest BCUT2D eigenvalue weighted by atomic mass is 10.3. The minimum absolute atomic E-state index is 0.293. The maximum absolute atomic E-state index is 10.8. The van der Waals surface area contributed by atoms with E-state index in [2.05, 4.69) is 23.8 Å². The van der Waals surface area contributed by atoms with Crippen molar-refractivity contribution in [2.45, 2.75) is 19.9 Å². The molecule has 0 aliphatic heterocycles. The van der Waals surface area contributed by atoms with Gasteiger partial charge in [0.15, 0.2) is 6.29 Å². The van der Waals surface area contributed by atoms with E-state index < -0.39 is 0 Å². The van der Waals surface area contributed by atoms with Crippen molar-refractivity contribution in [3.63, 3.8) is 0 Å². The first-order chi connectivity index (χ1) is 6.74. The first-order valence-electron chi connectivity index (χ1n) is 4.49. The summed E-state index contributed by atoms with van der Waals surface area (Å²) in [4.78, 5) is 18.9. The highest BCUT2D eigenvalue weighted by Crippen LogP contribution is 2.20. The second-order valence-electron chi connectivity index (χ2n) is 3.46. The summed E-state index contributed by atoms with van der Waals surface area (Å²) in [6, 6.07) is 0.293. The zero-order chi connectivity index (χ0) is 10.1. The minimum Gasteiger partial charge on any atom is -0.329 e. The topological polar surface area (TPSA) is 47.8 Å². The molecule has 0 N–H and O–H groups in total. The van der Waals surface area contributed by atoms with E-state index in [0.29, 0.717) is 11.6 Å². The Kier molecular flexibility index (Phi) is 2.04. The van der Waals surface area contributed by atoms with E-state index in [1.54, 1.807) is 6.20 Å². The number of aldehydes is 1. The summed E-state index contributed by atoms with van der Waals surface area (Å²) >= 11 is 0. The van der Waals surface area contributed by atoms with Crippen molar-refractivity contribution < 1.29 is 4.79 Å². The monoisotopic (exact) mass is 189 g/mol. The van der Waals surface area contributed by atoms with E-state index >= 15 is 0 Å². The van der Waals surface area contributed by atoms with Gasteiger partial charge in [-0.2, -0.15) is 0 Å². The van der Waals surface area contributed by atoms with Crippen LogP contribution in [0, 0.1) is 0 Å². The fourth-order valence-electron chi connectivity index (χ4n) is 1.50. The van der Waals surface area contributed by atoms with Crippen LogP contribution in [0.5, 0.6) is 0 Å². The molecule has 0 unspecified atom stereocenters. The molecule has 0 saturated heterocycles. The fourth-order valence-corrected chi connectivity index (χ4v) is 1.50. The Labute approximate surface area is 81.6 Å². The summed E-state index contributed by atoms with van der Waals surface area (Å²) in [5.74, 6) is 0. The molecule has 0 aliphatic carbocycles. The molecule has 0 amide bonds. The second-order valence-corrected chi connectivity index (χ2v) is 3.46. The molecule has 0 fully saturated rings. The molecule has 0 saturated carbocycles. The molecular formula is C10H11N3O. The van der Waals surface area contributed by atoms with Gasteiger partial charge < -0.3 is 4.57 Å². The van der Waals surface area contributed by atoms with Crippen LogP contribution in [0.2, 0.25) is 0 Å². The van der Waals surface area contributed by atoms with E-state index in [9.17, 15) is 4.79 Å². The van der Waals surface area contributed by atoms with Gasteiger partial charge in [0.2, 0.25) is 0 Å². The molecule has 72 valence electrons. The lowest BCUT2D eigenvalue weighted by Gasteiger charge is -2.06. The van der Waals surface area contributed by atoms with Crippen molar-refractivity contribution in [2.24, 2.45) is 0 Å². The molecule has 2 aromatic heterocycles. The summed E-state index contributed by atoms with van der Waals surface area (Å²) in [6.07, 6.45) is 5.82. The number of fused-ring (bicyclic) bond motifs is 1. The number of hydrogen-bond acceptors (Lipinski definition) is 3. The number of carbonyl (C=O) groups is 1. The number of carbonyl (C=O) groups excluding carboxylic acids is 1. The summed E-state index contributed by atoms with van der Waals surface area (Å²) in [5, 5.41) is 0.816. The van der Waals surface area contributed by atoms with Gasteiger partial charge >= 0.3 is 0 Å². The Bertz CT molecular complexity index is 473. The lowest BCUT2D eigenvalue weighted by Crippen LogP contribution is -1.99. The third-order valence-electron chi connectivity index (χ3n) is 2.21. The Morgan fingerprint density at radius 1 is 1.50 bits per heavy atom. The first-order valence-corrected chi connectivity index (χ1v) is 4.49. The van der Waals surface area contributed by atoms with E-state index in [4.69, 9.17) is 0 Å². The molecule has 4 nitrogen and oxygen atoms in total. The predicted octanol–water partition coefficient (Wildman–Crippen LogP) is 1.82. The summed E-state index contributed by atoms with van der Waals surface area (Å²) in [7, 11) is 0. The SMILES string of the molecule is CC(C)n1cc(C=O)c2cncnc21. The smallest absolute Gasteiger partial charge is 0.152 e. The Hall–Kier alpha value is -1.71. The van der Waals surface area contributed by atoms with Crippen LogP contribution in [0.4, 0.5) is 0 Å². The van der Waals surface area contributed by atoms with Gasteiger partial charge in [0.1, 0.15) is 12.0 Å². The maximum Gasteiger partial charge on any atom is 0.152 e. The second kappa shape index (κ2) is 3.21. The van der Waals surface area contributed by atoms with Crippen LogP contribution in [0.3, 0.4) is 0 Å². The molecule has 2 heterocycles. The zero-order valence-corrected chi connectivity index (χ0v) is 8.14. The van der Waals surface area contributed by atoms with Gasteiger partial charge in [-0.25, -0.2) is 9.97 Å². The molecule has 0 radical (unpaired) electrons. The number of rotatable bonds is 2. The lowest BCUT2D eigenvalue weighted by molar-refractivity contribution is 0.112. The molecule has 0 aliphatic rings. The van der Waals surface area contributed by atoms with Crippen molar-refractivity contribution in [1.29, 1.82) is 0 Å². The van der Waals surface area contributed by atoms with Crippen molar-refractivity contribution in [3.8, 4) is 0 Å². The van der Waals surface area contributed by atoms with Crippen molar-refractivity contribution in [2.75, 3.05) is 0 Å². The van der Waals surface area contributed by atoms with Gasteiger partial charge in [-0.1, -0.05) is 0 Å². The van der Waals surface area contributed by atoms with Gasteiger partial charge in [-0.15, -0.1) is 0 Å². The Morgan fingerprint density at radius 2 is 2.29 bits per heavy atom. The molecular weight excluding hydrogens is 178 g/mol. The van der Waals surface area contributed by atoms with Crippen LogP contribution in [-0.4, -0.2) is 20.8 Å². The molecule has 0 spiro atoms. The molecule has 2 aromatic rings. The first kappa shape index (κ1) is 8.87. The van der Waals surface area contributed by atoms with Crippen LogP contribution in [0.1, 0.15) is 30.2 Å². The third-order valence-corrected chi connectivity index (χ3v) is 2.21. The maximum atomic E-state index is 10.8. The van der Waals surface area contributed by atoms with Crippen LogP contribution in [0.25, 0.3) is 11.0 Å². The summed E-state index contributed by atoms with van der Waals surface area (Å²) < 4.78 is 1.97. The van der Waals surface area contributed by atoms with Gasteiger partial charge in [-0.05, 0) is 13.8 Å². The van der Waals surface area contributed by atoms with Gasteiger partial charge in [0, 0.05) is 29.4 Å². The normalized spacial score (nSPS) is 11.1. The fraction of sp³-hybridized carbons (Fsp3) is 0.300. The number of hydrogen-bond donors (Lipinski definition) is 0. The molecule has 0 bridgehead atoms. The highest BCUT2D eigenvalue weighted by atomic mass is 16.1. The molecule has 4 heteroatoms. The molecule has 14 heavy (non-hydrogen) atoms. The van der Waals surface area contributed by atoms with Gasteiger partial charge in [-0.3, -0.25) is 4.79 Å². The average Bonchev–Trinajstić information content (AvgIpc) is 2.56. The van der Waals surface area contributed by atoms with Crippen molar-refractivity contribution in [3.05, 3.63) is 24.3 Å². The average molecular weight is 189 g/mol. The van der Waals surface area contributed by atoms with Crippen LogP contribution in [-0.2, 0) is 0 Å². The summed E-state index contributed by atoms with van der Waals surface area (Å²) in [5.41, 5.74) is 1.46. The predicted molar refractivity (Wildman–Crippen MR) is 53.3 cm³/mol. The number of nitrogens with zero attached hydrogens (tertiary/aromatic N) is 3. The van der Waals surface area contributed by atoms with E-state index in [-0.39, 0.29) is 0 Å². The van der Waals surface area contributed by atoms with Gasteiger partial charge in [0.05, 0.1) is 0 Å². The van der Waals surface area contributed by atoms with Crippen molar-refractivity contribution in [1.82, 2.24) is 14.5 Å². The van der Waals surface area contributed by atoms with Crippen LogP contribution < -0.4 is 0 Å². The summed E-state index contributed by atoms with van der Waals surface area (Å²) in [6.45, 7) is 4.10. The highest BCUT2D eigenvalue weighted by molar-refractivity contribution is 5.95. The molecule has 0 atom stereocenters. The Balaban J connectivity index is 2.79. The zero-order valence-electron chi connectivity index (χ0n) is 8.14. The van der Waals surface area contributed by atoms with Crippen LogP contribution in [0.15, 0.2) is 18.7 Å². The van der Waals surface area contributed by atoms with E-state index in [1.807, 2.05) is 10.8 Å².